The van der Waals surface area contributed by atoms with Gasteiger partial charge in [0.05, 0.1) is 30.7 Å². The SMILES string of the molecule is Cc1cc(C2=c3cc4cc5c(cc4cc3C3=C2S(=O)(=O)c2ccccc23)=C(c2cc(C)cc(C(F)(F)F)c2)C2=C5c3ccccc3S2(=O)=O)cc(C(F)(F)F)c1. The molecule has 0 bridgehead atoms. The summed E-state index contributed by atoms with van der Waals surface area (Å²) in [6.45, 7) is 3.01. The summed E-state index contributed by atoms with van der Waals surface area (Å²) in [5.41, 5.74) is 1.37. The highest BCUT2D eigenvalue weighted by atomic mass is 32.2. The van der Waals surface area contributed by atoms with Crippen molar-refractivity contribution in [2.75, 3.05) is 0 Å². The molecule has 0 saturated carbocycles. The van der Waals surface area contributed by atoms with Crippen LogP contribution in [0.15, 0.2) is 129 Å². The predicted octanol–water partition coefficient (Wildman–Crippen LogP) is 9.01. The molecule has 0 amide bonds. The van der Waals surface area contributed by atoms with Gasteiger partial charge in [-0.2, -0.15) is 26.3 Å². The molecule has 56 heavy (non-hydrogen) atoms. The Morgan fingerprint density at radius 2 is 0.804 bits per heavy atom. The van der Waals surface area contributed by atoms with Crippen LogP contribution in [-0.4, -0.2) is 16.8 Å². The first-order valence-corrected chi connectivity index (χ1v) is 20.3. The Hall–Kier alpha value is -5.72. The van der Waals surface area contributed by atoms with Crippen molar-refractivity contribution in [3.8, 4) is 0 Å². The molecule has 12 heteroatoms. The van der Waals surface area contributed by atoms with Crippen LogP contribution in [0.3, 0.4) is 0 Å². The van der Waals surface area contributed by atoms with Gasteiger partial charge in [-0.15, -0.1) is 0 Å². The average Bonchev–Trinajstić information content (AvgIpc) is 3.78. The summed E-state index contributed by atoms with van der Waals surface area (Å²) in [5, 5.41) is 1.79. The van der Waals surface area contributed by atoms with Gasteiger partial charge in [-0.1, -0.05) is 48.5 Å². The van der Waals surface area contributed by atoms with E-state index in [-0.39, 0.29) is 53.0 Å². The monoisotopic (exact) mass is 794 g/mol. The lowest BCUT2D eigenvalue weighted by Crippen LogP contribution is -2.16. The minimum atomic E-state index is -4.71. The van der Waals surface area contributed by atoms with Gasteiger partial charge in [0, 0.05) is 33.4 Å². The zero-order valence-corrected chi connectivity index (χ0v) is 30.7. The standard InChI is InChI=1S/C44H24F6O4S2/c1-21-11-25(15-27(13-21)43(45,46)47)37-31-17-23-20-34-32(18-24(23)19-33(31)39-29-7-3-5-9-35(29)55(51,52)41(37)39)38(26-12-22(2)14-28(16-26)44(48,49)50)42-40(34)30-8-4-6-10-36(30)56(42,53)54/h3-20H,1-2H3. The smallest absolute Gasteiger partial charge is 0.218 e. The number of aryl methyl sites for hydroxylation is 2. The number of benzene rings is 6. The fourth-order valence-corrected chi connectivity index (χ4v) is 12.6. The molecule has 0 N–H and O–H groups in total. The van der Waals surface area contributed by atoms with E-state index in [0.29, 0.717) is 54.6 Å². The molecule has 0 aromatic heterocycles. The minimum Gasteiger partial charge on any atom is -0.218 e. The third-order valence-electron chi connectivity index (χ3n) is 10.9. The lowest BCUT2D eigenvalue weighted by Gasteiger charge is -2.14. The molecule has 2 aliphatic carbocycles. The second-order valence-corrected chi connectivity index (χ2v) is 18.2. The van der Waals surface area contributed by atoms with Crippen molar-refractivity contribution >= 4 is 52.7 Å². The van der Waals surface area contributed by atoms with E-state index >= 15 is 0 Å². The molecule has 0 atom stereocenters. The van der Waals surface area contributed by atoms with E-state index in [4.69, 9.17) is 0 Å². The summed E-state index contributed by atoms with van der Waals surface area (Å²) in [4.78, 5) is -0.178. The van der Waals surface area contributed by atoms with Crippen LogP contribution in [0.1, 0.15) is 55.6 Å². The second-order valence-electron chi connectivity index (χ2n) is 14.5. The molecule has 0 spiro atoms. The van der Waals surface area contributed by atoms with Crippen LogP contribution < -0.4 is 10.4 Å². The summed E-state index contributed by atoms with van der Waals surface area (Å²) in [5.74, 6) is 0. The molecule has 6 aromatic carbocycles. The summed E-state index contributed by atoms with van der Waals surface area (Å²) < 4.78 is 142. The van der Waals surface area contributed by atoms with Crippen LogP contribution in [0.5, 0.6) is 0 Å². The molecule has 0 fully saturated rings. The first-order chi connectivity index (χ1) is 26.4. The Morgan fingerprint density at radius 3 is 1.18 bits per heavy atom. The van der Waals surface area contributed by atoms with E-state index in [2.05, 4.69) is 0 Å². The first-order valence-electron chi connectivity index (χ1n) is 17.3. The van der Waals surface area contributed by atoms with Gasteiger partial charge in [0.1, 0.15) is 0 Å². The molecule has 2 aliphatic heterocycles. The van der Waals surface area contributed by atoms with Gasteiger partial charge in [0.25, 0.3) is 0 Å². The lowest BCUT2D eigenvalue weighted by atomic mass is 9.93. The maximum Gasteiger partial charge on any atom is 0.416 e. The van der Waals surface area contributed by atoms with Gasteiger partial charge in [-0.25, -0.2) is 16.8 Å². The normalized spacial score (nSPS) is 17.3. The fourth-order valence-electron chi connectivity index (χ4n) is 8.78. The van der Waals surface area contributed by atoms with E-state index in [1.54, 1.807) is 60.7 Å². The van der Waals surface area contributed by atoms with Crippen LogP contribution in [-0.2, 0) is 32.0 Å². The fraction of sp³-hybridized carbons (Fsp3) is 0.0909. The van der Waals surface area contributed by atoms with Crippen molar-refractivity contribution in [2.24, 2.45) is 0 Å². The van der Waals surface area contributed by atoms with E-state index < -0.39 is 43.2 Å². The summed E-state index contributed by atoms with van der Waals surface area (Å²) >= 11 is 0. The van der Waals surface area contributed by atoms with Crippen molar-refractivity contribution < 1.29 is 43.2 Å². The number of allylic oxidation sites excluding steroid dienone is 2. The van der Waals surface area contributed by atoms with E-state index in [0.717, 1.165) is 24.3 Å². The van der Waals surface area contributed by atoms with Crippen molar-refractivity contribution in [1.29, 1.82) is 0 Å². The molecule has 2 heterocycles. The highest BCUT2D eigenvalue weighted by Gasteiger charge is 2.45. The highest BCUT2D eigenvalue weighted by molar-refractivity contribution is 7.97. The summed E-state index contributed by atoms with van der Waals surface area (Å²) in [6.07, 6.45) is -9.42. The third-order valence-corrected chi connectivity index (χ3v) is 14.7. The molecule has 278 valence electrons. The minimum absolute atomic E-state index is 0.0194. The zero-order chi connectivity index (χ0) is 39.4. The van der Waals surface area contributed by atoms with Crippen LogP contribution in [0, 0.1) is 13.8 Å². The van der Waals surface area contributed by atoms with Gasteiger partial charge in [-0.05, 0) is 129 Å². The molecular formula is C44H24F6O4S2. The molecule has 0 saturated heterocycles. The van der Waals surface area contributed by atoms with E-state index in [1.165, 1.54) is 38.1 Å². The Bertz CT molecular complexity index is 3090. The first kappa shape index (κ1) is 34.7. The van der Waals surface area contributed by atoms with Crippen molar-refractivity contribution in [1.82, 2.24) is 0 Å². The summed E-state index contributed by atoms with van der Waals surface area (Å²) in [6, 6.07) is 26.5. The van der Waals surface area contributed by atoms with Crippen LogP contribution in [0.4, 0.5) is 26.3 Å². The molecule has 4 aliphatic rings. The van der Waals surface area contributed by atoms with Crippen molar-refractivity contribution in [3.05, 3.63) is 185 Å². The lowest BCUT2D eigenvalue weighted by molar-refractivity contribution is -0.138. The predicted molar refractivity (Wildman–Crippen MR) is 200 cm³/mol. The number of fused-ring (bicyclic) bond motifs is 9. The Kier molecular flexibility index (Phi) is 6.81. The van der Waals surface area contributed by atoms with Crippen molar-refractivity contribution in [3.63, 3.8) is 0 Å². The quantitative estimate of drug-likeness (QED) is 0.164. The molecule has 6 aromatic rings. The molecular weight excluding hydrogens is 771 g/mol. The van der Waals surface area contributed by atoms with E-state index in [9.17, 15) is 43.2 Å². The Labute approximate surface area is 315 Å². The Balaban J connectivity index is 1.34. The van der Waals surface area contributed by atoms with Crippen molar-refractivity contribution in [2.45, 2.75) is 36.0 Å². The topological polar surface area (TPSA) is 68.3 Å². The maximum atomic E-state index is 14.3. The molecule has 0 radical (unpaired) electrons. The van der Waals surface area contributed by atoms with Gasteiger partial charge in [-0.3, -0.25) is 0 Å². The van der Waals surface area contributed by atoms with E-state index in [1.807, 2.05) is 0 Å². The highest BCUT2D eigenvalue weighted by Crippen LogP contribution is 2.52. The third kappa shape index (κ3) is 4.65. The Morgan fingerprint density at radius 1 is 0.429 bits per heavy atom. The second kappa shape index (κ2) is 11.0. The van der Waals surface area contributed by atoms with Crippen LogP contribution in [0.25, 0.3) is 33.1 Å². The molecule has 10 rings (SSSR count). The van der Waals surface area contributed by atoms with Gasteiger partial charge in [0.2, 0.25) is 19.7 Å². The number of rotatable bonds is 2. The molecule has 4 nitrogen and oxygen atoms in total. The van der Waals surface area contributed by atoms with Gasteiger partial charge < -0.3 is 0 Å². The number of hydrogen-bond acceptors (Lipinski definition) is 4. The molecule has 0 unspecified atom stereocenters. The number of sulfone groups is 2. The van der Waals surface area contributed by atoms with Gasteiger partial charge >= 0.3 is 12.4 Å². The number of halogens is 6. The summed E-state index contributed by atoms with van der Waals surface area (Å²) in [7, 11) is -8.42. The van der Waals surface area contributed by atoms with Crippen LogP contribution >= 0.6 is 0 Å². The number of alkyl halides is 6. The van der Waals surface area contributed by atoms with Gasteiger partial charge in [0.15, 0.2) is 0 Å². The largest absolute Gasteiger partial charge is 0.416 e. The number of hydrogen-bond donors (Lipinski definition) is 0. The maximum absolute atomic E-state index is 14.3. The zero-order valence-electron chi connectivity index (χ0n) is 29.1. The van der Waals surface area contributed by atoms with Crippen LogP contribution in [0.2, 0.25) is 0 Å². The average molecular weight is 795 g/mol.